The van der Waals surface area contributed by atoms with Crippen LogP contribution in [0.1, 0.15) is 6.92 Å². The smallest absolute Gasteiger partial charge is 0.259 e. The Bertz CT molecular complexity index is 589. The van der Waals surface area contributed by atoms with Crippen molar-refractivity contribution in [1.29, 1.82) is 0 Å². The van der Waals surface area contributed by atoms with Crippen molar-refractivity contribution in [2.24, 2.45) is 7.05 Å². The molecule has 0 aliphatic carbocycles. The van der Waals surface area contributed by atoms with E-state index in [4.69, 9.17) is 4.74 Å². The van der Waals surface area contributed by atoms with Crippen molar-refractivity contribution in [3.8, 4) is 0 Å². The molecule has 10 heteroatoms. The second-order valence-corrected chi connectivity index (χ2v) is 6.74. The number of aliphatic hydroxyl groups is 3. The number of ether oxygens (including phenoxy) is 1. The number of nitrogens with one attached hydrogen (secondary N) is 1. The van der Waals surface area contributed by atoms with Gasteiger partial charge < -0.3 is 20.1 Å². The second kappa shape index (κ2) is 5.99. The number of aliphatic hydroxyl groups excluding tert-OH is 3. The summed E-state index contributed by atoms with van der Waals surface area (Å²) in [5, 5.41) is 32.7. The summed E-state index contributed by atoms with van der Waals surface area (Å²) in [7, 11) is -2.24. The van der Waals surface area contributed by atoms with Crippen molar-refractivity contribution >= 4 is 10.0 Å². The van der Waals surface area contributed by atoms with E-state index < -0.39 is 40.5 Å². The van der Waals surface area contributed by atoms with Crippen LogP contribution in [0.2, 0.25) is 0 Å². The van der Waals surface area contributed by atoms with E-state index >= 15 is 0 Å². The zero-order chi connectivity index (χ0) is 15.8. The van der Waals surface area contributed by atoms with Crippen LogP contribution in [0.15, 0.2) is 17.3 Å². The van der Waals surface area contributed by atoms with Gasteiger partial charge in [-0.05, 0) is 13.0 Å². The number of hydrogen-bond donors (Lipinski definition) is 4. The van der Waals surface area contributed by atoms with Crippen LogP contribution in [-0.2, 0) is 21.8 Å². The van der Waals surface area contributed by atoms with Crippen molar-refractivity contribution < 1.29 is 28.5 Å². The van der Waals surface area contributed by atoms with Crippen LogP contribution in [0.5, 0.6) is 0 Å². The number of rotatable bonds is 4. The summed E-state index contributed by atoms with van der Waals surface area (Å²) in [6.45, 7) is 1.29. The Hall–Kier alpha value is -1.04. The molecule has 1 fully saturated rings. The highest BCUT2D eigenvalue weighted by Gasteiger charge is 2.41. The first kappa shape index (κ1) is 16.3. The molecule has 0 amide bonds. The number of sulfonamides is 1. The minimum atomic E-state index is -3.83. The van der Waals surface area contributed by atoms with Gasteiger partial charge in [-0.25, -0.2) is 13.1 Å². The van der Waals surface area contributed by atoms with Crippen LogP contribution in [0, 0.1) is 0 Å². The van der Waals surface area contributed by atoms with Gasteiger partial charge in [0.2, 0.25) is 0 Å². The SMILES string of the molecule is C[C@@H]1O[C@H](CNS(=O)(=O)c2ccn(C)n2)[C@@H](O)[C@H](O)[C@@H]1O. The van der Waals surface area contributed by atoms with Crippen LogP contribution in [-0.4, -0.2) is 70.6 Å². The molecule has 0 unspecified atom stereocenters. The zero-order valence-electron chi connectivity index (χ0n) is 11.6. The van der Waals surface area contributed by atoms with Crippen LogP contribution in [0.4, 0.5) is 0 Å². The largest absolute Gasteiger partial charge is 0.388 e. The van der Waals surface area contributed by atoms with Gasteiger partial charge in [0.1, 0.15) is 24.4 Å². The molecule has 0 spiro atoms. The van der Waals surface area contributed by atoms with Gasteiger partial charge in [-0.3, -0.25) is 4.68 Å². The number of hydrogen-bond acceptors (Lipinski definition) is 7. The molecular weight excluding hydrogens is 302 g/mol. The number of nitrogens with zero attached hydrogens (tertiary/aromatic N) is 2. The standard InChI is InChI=1S/C11H19N3O6S/c1-6-9(15)11(17)10(16)7(20-6)5-12-21(18,19)8-3-4-14(2)13-8/h3-4,6-7,9-12,15-17H,5H2,1-2H3/t6-,7+,9+,10+,11+/m0/s1. The highest BCUT2D eigenvalue weighted by Crippen LogP contribution is 2.20. The van der Waals surface area contributed by atoms with E-state index in [2.05, 4.69) is 9.82 Å². The van der Waals surface area contributed by atoms with Crippen LogP contribution in [0.3, 0.4) is 0 Å². The van der Waals surface area contributed by atoms with Crippen LogP contribution >= 0.6 is 0 Å². The molecule has 120 valence electrons. The van der Waals surface area contributed by atoms with Crippen molar-refractivity contribution in [2.45, 2.75) is 42.5 Å². The van der Waals surface area contributed by atoms with Gasteiger partial charge in [0.25, 0.3) is 10.0 Å². The molecule has 2 rings (SSSR count). The minimum Gasteiger partial charge on any atom is -0.388 e. The molecule has 1 aromatic heterocycles. The summed E-state index contributed by atoms with van der Waals surface area (Å²) in [5.41, 5.74) is 0. The lowest BCUT2D eigenvalue weighted by atomic mass is 9.96. The molecule has 0 bridgehead atoms. The maximum absolute atomic E-state index is 12.0. The fraction of sp³-hybridized carbons (Fsp3) is 0.727. The van der Waals surface area contributed by atoms with E-state index in [0.29, 0.717) is 0 Å². The average molecular weight is 321 g/mol. The highest BCUT2D eigenvalue weighted by molar-refractivity contribution is 7.89. The molecule has 0 radical (unpaired) electrons. The quantitative estimate of drug-likeness (QED) is 0.484. The Morgan fingerprint density at radius 1 is 1.33 bits per heavy atom. The third-order valence-corrected chi connectivity index (χ3v) is 4.71. The van der Waals surface area contributed by atoms with E-state index in [-0.39, 0.29) is 11.6 Å². The summed E-state index contributed by atoms with van der Waals surface area (Å²) in [4.78, 5) is 0. The van der Waals surface area contributed by atoms with Gasteiger partial charge in [-0.15, -0.1) is 0 Å². The summed E-state index contributed by atoms with van der Waals surface area (Å²) in [5.74, 6) is 0. The predicted molar refractivity (Wildman–Crippen MR) is 70.8 cm³/mol. The monoisotopic (exact) mass is 321 g/mol. The summed E-state index contributed by atoms with van der Waals surface area (Å²) >= 11 is 0. The number of aromatic nitrogens is 2. The van der Waals surface area contributed by atoms with Gasteiger partial charge in [-0.2, -0.15) is 5.10 Å². The Morgan fingerprint density at radius 3 is 2.57 bits per heavy atom. The first-order valence-corrected chi connectivity index (χ1v) is 7.89. The van der Waals surface area contributed by atoms with E-state index in [1.807, 2.05) is 0 Å². The molecule has 1 saturated heterocycles. The molecule has 4 N–H and O–H groups in total. The lowest BCUT2D eigenvalue weighted by Gasteiger charge is -2.39. The van der Waals surface area contributed by atoms with Gasteiger partial charge in [0.15, 0.2) is 5.03 Å². The molecule has 1 aliphatic heterocycles. The van der Waals surface area contributed by atoms with Crippen molar-refractivity contribution in [3.05, 3.63) is 12.3 Å². The first-order valence-electron chi connectivity index (χ1n) is 6.41. The van der Waals surface area contributed by atoms with Crippen molar-refractivity contribution in [3.63, 3.8) is 0 Å². The normalized spacial score (nSPS) is 34.0. The lowest BCUT2D eigenvalue weighted by Crippen LogP contribution is -2.59. The molecule has 1 aromatic rings. The van der Waals surface area contributed by atoms with Gasteiger partial charge >= 0.3 is 0 Å². The average Bonchev–Trinajstić information content (AvgIpc) is 2.86. The van der Waals surface area contributed by atoms with Gasteiger partial charge in [-0.1, -0.05) is 0 Å². The Morgan fingerprint density at radius 2 is 2.00 bits per heavy atom. The third-order valence-electron chi connectivity index (χ3n) is 3.39. The Labute approximate surface area is 122 Å². The summed E-state index contributed by atoms with van der Waals surface area (Å²) in [6, 6.07) is 1.34. The molecule has 1 aliphatic rings. The Kier molecular flexibility index (Phi) is 4.66. The molecule has 0 aromatic carbocycles. The maximum Gasteiger partial charge on any atom is 0.259 e. The van der Waals surface area contributed by atoms with E-state index in [0.717, 1.165) is 0 Å². The zero-order valence-corrected chi connectivity index (χ0v) is 12.4. The Balaban J connectivity index is 2.02. The highest BCUT2D eigenvalue weighted by atomic mass is 32.2. The van der Waals surface area contributed by atoms with Crippen LogP contribution < -0.4 is 4.72 Å². The van der Waals surface area contributed by atoms with Crippen molar-refractivity contribution in [2.75, 3.05) is 6.54 Å². The van der Waals surface area contributed by atoms with Crippen LogP contribution in [0.25, 0.3) is 0 Å². The fourth-order valence-electron chi connectivity index (χ4n) is 2.11. The van der Waals surface area contributed by atoms with E-state index in [1.54, 1.807) is 7.05 Å². The fourth-order valence-corrected chi connectivity index (χ4v) is 3.12. The molecular formula is C11H19N3O6S. The summed E-state index contributed by atoms with van der Waals surface area (Å²) < 4.78 is 32.9. The van der Waals surface area contributed by atoms with E-state index in [9.17, 15) is 23.7 Å². The maximum atomic E-state index is 12.0. The topological polar surface area (TPSA) is 134 Å². The van der Waals surface area contributed by atoms with Gasteiger partial charge in [0.05, 0.1) is 6.10 Å². The second-order valence-electron chi connectivity index (χ2n) is 5.03. The molecule has 5 atom stereocenters. The minimum absolute atomic E-state index is 0.149. The molecule has 21 heavy (non-hydrogen) atoms. The summed E-state index contributed by atoms with van der Waals surface area (Å²) in [6.07, 6.45) is -4.18. The molecule has 0 saturated carbocycles. The van der Waals surface area contributed by atoms with Gasteiger partial charge in [0, 0.05) is 19.8 Å². The molecule has 2 heterocycles. The number of aryl methyl sites for hydroxylation is 1. The third kappa shape index (κ3) is 3.42. The first-order chi connectivity index (χ1) is 9.72. The molecule has 9 nitrogen and oxygen atoms in total. The van der Waals surface area contributed by atoms with Crippen molar-refractivity contribution in [1.82, 2.24) is 14.5 Å². The lowest BCUT2D eigenvalue weighted by molar-refractivity contribution is -0.214. The predicted octanol–water partition coefficient (Wildman–Crippen LogP) is -2.43. The van der Waals surface area contributed by atoms with E-state index in [1.165, 1.54) is 23.9 Å².